The summed E-state index contributed by atoms with van der Waals surface area (Å²) >= 11 is 0. The lowest BCUT2D eigenvalue weighted by Crippen LogP contribution is -2.39. The molecule has 1 aliphatic rings. The molecule has 1 fully saturated rings. The summed E-state index contributed by atoms with van der Waals surface area (Å²) in [4.78, 5) is 28.3. The SMILES string of the molecule is CN(C)CCNCCN1C(=O)CC(CC(C)(C)C(C)(C)C)C1=O. The predicted molar refractivity (Wildman–Crippen MR) is 94.1 cm³/mol. The van der Waals surface area contributed by atoms with Crippen molar-refractivity contribution in [3.63, 3.8) is 0 Å². The number of amides is 2. The average molecular weight is 325 g/mol. The largest absolute Gasteiger partial charge is 0.314 e. The van der Waals surface area contributed by atoms with Crippen molar-refractivity contribution in [2.45, 2.75) is 47.5 Å². The van der Waals surface area contributed by atoms with Crippen LogP contribution in [-0.4, -0.2) is 61.9 Å². The second-order valence-corrected chi connectivity index (χ2v) is 8.68. The van der Waals surface area contributed by atoms with Crippen LogP contribution < -0.4 is 5.32 Å². The fraction of sp³-hybridized carbons (Fsp3) is 0.889. The maximum atomic E-state index is 12.6. The maximum Gasteiger partial charge on any atom is 0.232 e. The van der Waals surface area contributed by atoms with Crippen molar-refractivity contribution in [1.82, 2.24) is 15.1 Å². The van der Waals surface area contributed by atoms with Crippen LogP contribution in [0.4, 0.5) is 0 Å². The minimum atomic E-state index is -0.154. The highest BCUT2D eigenvalue weighted by molar-refractivity contribution is 6.03. The first kappa shape index (κ1) is 20.1. The Kier molecular flexibility index (Phi) is 6.78. The lowest BCUT2D eigenvalue weighted by atomic mass is 9.65. The molecule has 2 amide bonds. The molecule has 1 unspecified atom stereocenters. The minimum Gasteiger partial charge on any atom is -0.314 e. The fourth-order valence-electron chi connectivity index (χ4n) is 2.69. The molecule has 0 spiro atoms. The number of imide groups is 1. The van der Waals surface area contributed by atoms with E-state index >= 15 is 0 Å². The fourth-order valence-corrected chi connectivity index (χ4v) is 2.69. The van der Waals surface area contributed by atoms with Gasteiger partial charge in [-0.3, -0.25) is 14.5 Å². The van der Waals surface area contributed by atoms with Gasteiger partial charge in [-0.05, 0) is 31.3 Å². The third-order valence-electron chi connectivity index (χ3n) is 5.37. The van der Waals surface area contributed by atoms with Gasteiger partial charge in [0.15, 0.2) is 0 Å². The van der Waals surface area contributed by atoms with E-state index in [1.807, 2.05) is 14.1 Å². The molecule has 1 aliphatic heterocycles. The van der Waals surface area contributed by atoms with Crippen LogP contribution in [0, 0.1) is 16.7 Å². The Morgan fingerprint density at radius 1 is 1.13 bits per heavy atom. The van der Waals surface area contributed by atoms with E-state index in [1.54, 1.807) is 0 Å². The van der Waals surface area contributed by atoms with Crippen LogP contribution in [0.3, 0.4) is 0 Å². The van der Waals surface area contributed by atoms with Gasteiger partial charge in [0, 0.05) is 38.5 Å². The van der Waals surface area contributed by atoms with Gasteiger partial charge in [0.1, 0.15) is 0 Å². The van der Waals surface area contributed by atoms with Crippen LogP contribution >= 0.6 is 0 Å². The highest BCUT2D eigenvalue weighted by Gasteiger charge is 2.43. The van der Waals surface area contributed by atoms with E-state index in [0.717, 1.165) is 19.5 Å². The number of rotatable bonds is 8. The van der Waals surface area contributed by atoms with E-state index in [1.165, 1.54) is 4.90 Å². The molecule has 0 saturated carbocycles. The quantitative estimate of drug-likeness (QED) is 0.548. The van der Waals surface area contributed by atoms with Crippen LogP contribution in [0.25, 0.3) is 0 Å². The van der Waals surface area contributed by atoms with Crippen molar-refractivity contribution < 1.29 is 9.59 Å². The maximum absolute atomic E-state index is 12.6. The Morgan fingerprint density at radius 2 is 1.74 bits per heavy atom. The molecule has 0 aromatic rings. The molecule has 0 aliphatic carbocycles. The van der Waals surface area contributed by atoms with Crippen LogP contribution in [-0.2, 0) is 9.59 Å². The Bertz CT molecular complexity index is 424. The highest BCUT2D eigenvalue weighted by Crippen LogP contribution is 2.44. The van der Waals surface area contributed by atoms with Crippen LogP contribution in [0.15, 0.2) is 0 Å². The summed E-state index contributed by atoms with van der Waals surface area (Å²) in [6, 6.07) is 0. The van der Waals surface area contributed by atoms with Crippen molar-refractivity contribution in [2.24, 2.45) is 16.7 Å². The number of carbonyl (C=O) groups is 2. The molecule has 1 atom stereocenters. The summed E-state index contributed by atoms with van der Waals surface area (Å²) in [5.41, 5.74) is 0.130. The van der Waals surface area contributed by atoms with E-state index in [2.05, 4.69) is 44.8 Å². The monoisotopic (exact) mass is 325 g/mol. The number of nitrogens with one attached hydrogen (secondary N) is 1. The van der Waals surface area contributed by atoms with Gasteiger partial charge in [0.25, 0.3) is 0 Å². The molecule has 0 bridgehead atoms. The van der Waals surface area contributed by atoms with Crippen molar-refractivity contribution in [2.75, 3.05) is 40.3 Å². The lowest BCUT2D eigenvalue weighted by molar-refractivity contribution is -0.139. The van der Waals surface area contributed by atoms with Crippen molar-refractivity contribution in [1.29, 1.82) is 0 Å². The molecule has 0 aromatic carbocycles. The lowest BCUT2D eigenvalue weighted by Gasteiger charge is -2.40. The number of hydrogen-bond acceptors (Lipinski definition) is 4. The zero-order chi connectivity index (χ0) is 17.8. The van der Waals surface area contributed by atoms with Crippen LogP contribution in [0.2, 0.25) is 0 Å². The van der Waals surface area contributed by atoms with E-state index in [9.17, 15) is 9.59 Å². The molecular weight excluding hydrogens is 290 g/mol. The molecule has 1 rings (SSSR count). The number of nitrogens with zero attached hydrogens (tertiary/aromatic N) is 2. The van der Waals surface area contributed by atoms with Gasteiger partial charge in [-0.25, -0.2) is 0 Å². The molecule has 0 aromatic heterocycles. The molecule has 23 heavy (non-hydrogen) atoms. The van der Waals surface area contributed by atoms with Gasteiger partial charge in [-0.1, -0.05) is 34.6 Å². The summed E-state index contributed by atoms with van der Waals surface area (Å²) in [7, 11) is 4.05. The molecule has 1 heterocycles. The van der Waals surface area contributed by atoms with Gasteiger partial charge in [-0.2, -0.15) is 0 Å². The van der Waals surface area contributed by atoms with Gasteiger partial charge >= 0.3 is 0 Å². The highest BCUT2D eigenvalue weighted by atomic mass is 16.2. The number of hydrogen-bond donors (Lipinski definition) is 1. The topological polar surface area (TPSA) is 52.6 Å². The van der Waals surface area contributed by atoms with Crippen LogP contribution in [0.1, 0.15) is 47.5 Å². The average Bonchev–Trinajstić information content (AvgIpc) is 2.63. The molecule has 0 radical (unpaired) electrons. The van der Waals surface area contributed by atoms with E-state index < -0.39 is 0 Å². The van der Waals surface area contributed by atoms with Gasteiger partial charge in [0.2, 0.25) is 11.8 Å². The Labute approximate surface area is 141 Å². The standard InChI is InChI=1S/C18H35N3O2/c1-17(2,3)18(4,5)13-14-12-15(22)21(16(14)23)11-9-19-8-10-20(6)7/h14,19H,8-13H2,1-7H3. The number of likely N-dealkylation sites (tertiary alicyclic amines) is 1. The van der Waals surface area contributed by atoms with Crippen molar-refractivity contribution in [3.05, 3.63) is 0 Å². The normalized spacial score (nSPS) is 20.0. The predicted octanol–water partition coefficient (Wildman–Crippen LogP) is 1.98. The third kappa shape index (κ3) is 5.57. The second-order valence-electron chi connectivity index (χ2n) is 8.68. The first-order chi connectivity index (χ1) is 10.5. The summed E-state index contributed by atoms with van der Waals surface area (Å²) in [5, 5.41) is 3.28. The number of carbonyl (C=O) groups excluding carboxylic acids is 2. The van der Waals surface area contributed by atoms with E-state index in [4.69, 9.17) is 0 Å². The Hall–Kier alpha value is -0.940. The summed E-state index contributed by atoms with van der Waals surface area (Å²) in [6.07, 6.45) is 1.14. The molecule has 134 valence electrons. The van der Waals surface area contributed by atoms with E-state index in [-0.39, 0.29) is 28.6 Å². The first-order valence-corrected chi connectivity index (χ1v) is 8.65. The summed E-state index contributed by atoms with van der Waals surface area (Å²) in [6.45, 7) is 13.9. The zero-order valence-electron chi connectivity index (χ0n) is 16.0. The van der Waals surface area contributed by atoms with Crippen molar-refractivity contribution >= 4 is 11.8 Å². The Balaban J connectivity index is 2.50. The molecule has 5 nitrogen and oxygen atoms in total. The first-order valence-electron chi connectivity index (χ1n) is 8.65. The van der Waals surface area contributed by atoms with Gasteiger partial charge < -0.3 is 10.2 Å². The third-order valence-corrected chi connectivity index (χ3v) is 5.37. The molecule has 5 heteroatoms. The van der Waals surface area contributed by atoms with Crippen LogP contribution in [0.5, 0.6) is 0 Å². The minimum absolute atomic E-state index is 0.0147. The Morgan fingerprint density at radius 3 is 2.26 bits per heavy atom. The summed E-state index contributed by atoms with van der Waals surface area (Å²) in [5.74, 6) is -0.153. The molecule has 1 N–H and O–H groups in total. The molecule has 1 saturated heterocycles. The second kappa shape index (κ2) is 7.75. The number of likely N-dealkylation sites (N-methyl/N-ethyl adjacent to an activating group) is 1. The van der Waals surface area contributed by atoms with E-state index in [0.29, 0.717) is 19.5 Å². The van der Waals surface area contributed by atoms with Gasteiger partial charge in [0.05, 0.1) is 0 Å². The molecular formula is C18H35N3O2. The van der Waals surface area contributed by atoms with Crippen molar-refractivity contribution in [3.8, 4) is 0 Å². The van der Waals surface area contributed by atoms with Gasteiger partial charge in [-0.15, -0.1) is 0 Å². The smallest absolute Gasteiger partial charge is 0.232 e. The zero-order valence-corrected chi connectivity index (χ0v) is 16.0. The summed E-state index contributed by atoms with van der Waals surface area (Å²) < 4.78 is 0.